The Hall–Kier alpha value is -7.96. The molecule has 2 unspecified atom stereocenters. The van der Waals surface area contributed by atoms with E-state index in [1.165, 1.54) is 21.9 Å². The highest BCUT2D eigenvalue weighted by Crippen LogP contribution is 2.45. The molecular formula is C55H38N6. The molecule has 0 fully saturated rings. The minimum absolute atomic E-state index is 0.0493. The maximum Gasteiger partial charge on any atom is 0.137 e. The van der Waals surface area contributed by atoms with Gasteiger partial charge in [-0.2, -0.15) is 0 Å². The van der Waals surface area contributed by atoms with Crippen LogP contribution in [0.3, 0.4) is 0 Å². The summed E-state index contributed by atoms with van der Waals surface area (Å²) in [6.45, 7) is 2.22. The number of rotatable bonds is 6. The summed E-state index contributed by atoms with van der Waals surface area (Å²) in [6, 6.07) is 54.6. The summed E-state index contributed by atoms with van der Waals surface area (Å²) >= 11 is 0. The summed E-state index contributed by atoms with van der Waals surface area (Å²) in [6.07, 6.45) is 16.4. The van der Waals surface area contributed by atoms with Gasteiger partial charge in [0.1, 0.15) is 23.2 Å². The number of nitrogens with zero attached hydrogens (tertiary/aromatic N) is 6. The lowest BCUT2D eigenvalue weighted by atomic mass is 9.85. The standard InChI is InChI=1S/C55H38N6/c1-35-55(59-52-18-7-9-30-61(35)52)49-28-25-41(33-57-49)54-45-15-5-4-14-44(45)53(40-24-27-48(56-32-40)50-34-60-29-8-6-17-51(60)58-50)46-26-23-39(31-47(46)54)36-19-21-38(22-20-36)43-16-10-12-37-11-2-3-13-42(37)43/h2-35,55H,1H3. The van der Waals surface area contributed by atoms with Gasteiger partial charge in [0.15, 0.2) is 0 Å². The fraction of sp³-hybridized carbons (Fsp3) is 0.0545. The van der Waals surface area contributed by atoms with Crippen LogP contribution >= 0.6 is 0 Å². The lowest BCUT2D eigenvalue weighted by Gasteiger charge is -2.24. The van der Waals surface area contributed by atoms with Crippen molar-refractivity contribution in [3.8, 4) is 55.9 Å². The number of hydrogen-bond acceptors (Lipinski definition) is 5. The van der Waals surface area contributed by atoms with Crippen LogP contribution in [0.4, 0.5) is 0 Å². The second kappa shape index (κ2) is 14.1. The average Bonchev–Trinajstić information content (AvgIpc) is 3.92. The summed E-state index contributed by atoms with van der Waals surface area (Å²) in [7, 11) is 0. The van der Waals surface area contributed by atoms with Gasteiger partial charge in [-0.1, -0.05) is 127 Å². The molecule has 0 radical (unpaired) electrons. The highest BCUT2D eigenvalue weighted by Gasteiger charge is 2.33. The van der Waals surface area contributed by atoms with E-state index in [-0.39, 0.29) is 12.1 Å². The SMILES string of the molecule is CC1C(c2ccc(-c3c4ccccc4c(-c4ccc(-c5cn6ccccc6n5)nc4)c4ccc(-c5ccc(-c6cccc7ccccc67)cc5)cc34)cn2)N=C2C=CC=CN21. The Balaban J connectivity index is 1.01. The third-order valence-electron chi connectivity index (χ3n) is 12.4. The van der Waals surface area contributed by atoms with Gasteiger partial charge in [0.05, 0.1) is 17.4 Å². The molecule has 2 aliphatic heterocycles. The van der Waals surface area contributed by atoms with Crippen LogP contribution in [0, 0.1) is 0 Å². The maximum absolute atomic E-state index is 5.13. The minimum Gasteiger partial charge on any atom is -0.328 e. The molecule has 4 aromatic heterocycles. The molecule has 61 heavy (non-hydrogen) atoms. The Morgan fingerprint density at radius 2 is 1.21 bits per heavy atom. The van der Waals surface area contributed by atoms with Gasteiger partial charge in [0.25, 0.3) is 0 Å². The zero-order valence-electron chi connectivity index (χ0n) is 33.4. The van der Waals surface area contributed by atoms with Gasteiger partial charge >= 0.3 is 0 Å². The van der Waals surface area contributed by atoms with Crippen LogP contribution in [0.1, 0.15) is 18.7 Å². The molecule has 0 amide bonds. The Labute approximate surface area is 353 Å². The van der Waals surface area contributed by atoms with Crippen LogP contribution in [-0.2, 0) is 0 Å². The predicted octanol–water partition coefficient (Wildman–Crippen LogP) is 13.1. The van der Waals surface area contributed by atoms with Gasteiger partial charge in [-0.25, -0.2) is 4.98 Å². The van der Waals surface area contributed by atoms with Crippen LogP contribution in [0.15, 0.2) is 206 Å². The number of aromatic nitrogens is 4. The van der Waals surface area contributed by atoms with E-state index in [0.29, 0.717) is 0 Å². The second-order valence-electron chi connectivity index (χ2n) is 15.9. The van der Waals surface area contributed by atoms with Crippen molar-refractivity contribution in [2.75, 3.05) is 0 Å². The van der Waals surface area contributed by atoms with Gasteiger partial charge in [0.2, 0.25) is 0 Å². The number of aliphatic imine (C=N–C) groups is 1. The molecular weight excluding hydrogens is 745 g/mol. The van der Waals surface area contributed by atoms with Gasteiger partial charge in [-0.3, -0.25) is 15.0 Å². The number of fused-ring (bicyclic) bond motifs is 5. The van der Waals surface area contributed by atoms with Crippen molar-refractivity contribution in [3.63, 3.8) is 0 Å². The van der Waals surface area contributed by atoms with E-state index in [9.17, 15) is 0 Å². The molecule has 0 bridgehead atoms. The first kappa shape index (κ1) is 35.0. The van der Waals surface area contributed by atoms with E-state index in [1.807, 2.05) is 53.5 Å². The molecule has 6 aromatic carbocycles. The van der Waals surface area contributed by atoms with Crippen molar-refractivity contribution in [2.45, 2.75) is 19.0 Å². The Kier molecular flexibility index (Phi) is 8.10. The van der Waals surface area contributed by atoms with Crippen molar-refractivity contribution in [1.29, 1.82) is 0 Å². The summed E-state index contributed by atoms with van der Waals surface area (Å²) in [5.41, 5.74) is 12.7. The zero-order chi connectivity index (χ0) is 40.4. The van der Waals surface area contributed by atoms with Crippen molar-refractivity contribution in [1.82, 2.24) is 24.3 Å². The number of hydrogen-bond donors (Lipinski definition) is 0. The highest BCUT2D eigenvalue weighted by atomic mass is 15.3. The molecule has 0 N–H and O–H groups in total. The first-order valence-corrected chi connectivity index (χ1v) is 20.8. The van der Waals surface area contributed by atoms with Gasteiger partial charge < -0.3 is 9.30 Å². The van der Waals surface area contributed by atoms with Crippen molar-refractivity contribution in [3.05, 3.63) is 207 Å². The third-order valence-corrected chi connectivity index (χ3v) is 12.4. The van der Waals surface area contributed by atoms with Crippen LogP contribution in [0.25, 0.3) is 93.9 Å². The van der Waals surface area contributed by atoms with Crippen molar-refractivity contribution < 1.29 is 0 Å². The lowest BCUT2D eigenvalue weighted by molar-refractivity contribution is 0.408. The van der Waals surface area contributed by atoms with Gasteiger partial charge in [0, 0.05) is 42.1 Å². The topological polar surface area (TPSA) is 58.7 Å². The number of imidazole rings is 1. The largest absolute Gasteiger partial charge is 0.328 e. The molecule has 2 aliphatic rings. The zero-order valence-corrected chi connectivity index (χ0v) is 33.4. The smallest absolute Gasteiger partial charge is 0.137 e. The monoisotopic (exact) mass is 782 g/mol. The Bertz CT molecular complexity index is 3390. The van der Waals surface area contributed by atoms with E-state index in [2.05, 4.69) is 164 Å². The lowest BCUT2D eigenvalue weighted by Crippen LogP contribution is -2.30. The van der Waals surface area contributed by atoms with Crippen LogP contribution in [0.2, 0.25) is 0 Å². The minimum atomic E-state index is -0.0493. The summed E-state index contributed by atoms with van der Waals surface area (Å²) < 4.78 is 2.03. The Morgan fingerprint density at radius 3 is 1.98 bits per heavy atom. The second-order valence-corrected chi connectivity index (χ2v) is 15.9. The molecule has 6 heteroatoms. The number of benzene rings is 6. The van der Waals surface area contributed by atoms with Crippen LogP contribution in [-0.4, -0.2) is 36.1 Å². The maximum atomic E-state index is 5.13. The first-order valence-electron chi connectivity index (χ1n) is 20.8. The molecule has 12 rings (SSSR count). The number of allylic oxidation sites excluding steroid dienone is 2. The normalized spacial score (nSPS) is 15.9. The highest BCUT2D eigenvalue weighted by molar-refractivity contribution is 6.22. The van der Waals surface area contributed by atoms with Crippen molar-refractivity contribution in [2.24, 2.45) is 4.99 Å². The fourth-order valence-electron chi connectivity index (χ4n) is 9.40. The number of amidine groups is 1. The molecule has 0 saturated carbocycles. The predicted molar refractivity (Wildman–Crippen MR) is 250 cm³/mol. The molecule has 0 saturated heterocycles. The fourth-order valence-corrected chi connectivity index (χ4v) is 9.40. The molecule has 2 atom stereocenters. The quantitative estimate of drug-likeness (QED) is 0.158. The molecule has 0 spiro atoms. The first-order chi connectivity index (χ1) is 30.1. The van der Waals surface area contributed by atoms with E-state index in [4.69, 9.17) is 19.9 Å². The summed E-state index contributed by atoms with van der Waals surface area (Å²) in [4.78, 5) is 22.3. The van der Waals surface area contributed by atoms with Crippen LogP contribution < -0.4 is 0 Å². The Morgan fingerprint density at radius 1 is 0.525 bits per heavy atom. The molecule has 6 nitrogen and oxygen atoms in total. The molecule has 288 valence electrons. The van der Waals surface area contributed by atoms with Crippen molar-refractivity contribution >= 4 is 43.8 Å². The third kappa shape index (κ3) is 5.87. The summed E-state index contributed by atoms with van der Waals surface area (Å²) in [5.74, 6) is 0.983. The number of pyridine rings is 3. The molecule has 0 aliphatic carbocycles. The molecule has 10 aromatic rings. The van der Waals surface area contributed by atoms with Gasteiger partial charge in [-0.05, 0) is 115 Å². The van der Waals surface area contributed by atoms with E-state index < -0.39 is 0 Å². The van der Waals surface area contributed by atoms with E-state index in [1.54, 1.807) is 0 Å². The van der Waals surface area contributed by atoms with Gasteiger partial charge in [-0.15, -0.1) is 0 Å². The van der Waals surface area contributed by atoms with Crippen LogP contribution in [0.5, 0.6) is 0 Å². The van der Waals surface area contributed by atoms with E-state index in [0.717, 1.165) is 83.5 Å². The average molecular weight is 783 g/mol. The van der Waals surface area contributed by atoms with E-state index >= 15 is 0 Å². The molecule has 6 heterocycles. The summed E-state index contributed by atoms with van der Waals surface area (Å²) in [5, 5.41) is 7.14.